The van der Waals surface area contributed by atoms with Crippen molar-refractivity contribution in [2.45, 2.75) is 76.9 Å². The fourth-order valence-electron chi connectivity index (χ4n) is 6.28. The van der Waals surface area contributed by atoms with Gasteiger partial charge in [-0.3, -0.25) is 4.79 Å². The molecule has 0 saturated carbocycles. The zero-order chi connectivity index (χ0) is 26.5. The number of amides is 2. The van der Waals surface area contributed by atoms with Crippen LogP contribution < -0.4 is 19.0 Å². The van der Waals surface area contributed by atoms with Crippen molar-refractivity contribution in [1.82, 2.24) is 0 Å². The number of aliphatic hydroxyl groups excluding tert-OH is 1. The minimum atomic E-state index is -2.43. The van der Waals surface area contributed by atoms with E-state index < -0.39 is 26.7 Å². The number of hydrogen-bond donors (Lipinski definition) is 2. The van der Waals surface area contributed by atoms with Gasteiger partial charge in [0.25, 0.3) is 14.2 Å². The van der Waals surface area contributed by atoms with Crippen molar-refractivity contribution in [3.63, 3.8) is 0 Å². The number of fused-ring (bicyclic) bond motifs is 4. The molecule has 2 atom stereocenters. The molecule has 1 unspecified atom stereocenters. The molecule has 0 aliphatic carbocycles. The standard InChI is InChI=1S/C27H36N2O6Si/c1-15(2)36(16(3)4,17(5)6)35-24-14-21-19(13-23(24)34-7)25(30)28-20-11-9-8-10-18(20)12-22(28)26(31)29(21)27(32)33/h8-11,13-17,22,26,31H,12H2,1-7H3,(H,32,33)/t22-,26?/m0/s1. The molecular weight excluding hydrogens is 476 g/mol. The van der Waals surface area contributed by atoms with Crippen molar-refractivity contribution in [1.29, 1.82) is 0 Å². The van der Waals surface area contributed by atoms with Crippen molar-refractivity contribution in [3.05, 3.63) is 47.5 Å². The van der Waals surface area contributed by atoms with Crippen LogP contribution in [0.1, 0.15) is 57.5 Å². The maximum absolute atomic E-state index is 13.9. The van der Waals surface area contributed by atoms with Gasteiger partial charge in [0.05, 0.1) is 24.4 Å². The third kappa shape index (κ3) is 3.85. The summed E-state index contributed by atoms with van der Waals surface area (Å²) in [6.07, 6.45) is -2.44. The Hall–Kier alpha value is -3.04. The summed E-state index contributed by atoms with van der Waals surface area (Å²) in [5.74, 6) is 0.382. The van der Waals surface area contributed by atoms with Crippen LogP contribution in [0.2, 0.25) is 16.6 Å². The first-order valence-electron chi connectivity index (χ1n) is 12.5. The minimum absolute atomic E-state index is 0.0989. The Morgan fingerprint density at radius 1 is 1.00 bits per heavy atom. The van der Waals surface area contributed by atoms with Gasteiger partial charge in [0.1, 0.15) is 5.75 Å². The lowest BCUT2D eigenvalue weighted by Gasteiger charge is -2.42. The van der Waals surface area contributed by atoms with E-state index in [9.17, 15) is 19.8 Å². The molecule has 0 bridgehead atoms. The van der Waals surface area contributed by atoms with Crippen molar-refractivity contribution in [2.75, 3.05) is 16.9 Å². The summed E-state index contributed by atoms with van der Waals surface area (Å²) < 4.78 is 12.5. The number of methoxy groups -OCH3 is 1. The van der Waals surface area contributed by atoms with E-state index in [2.05, 4.69) is 41.5 Å². The van der Waals surface area contributed by atoms with Gasteiger partial charge in [0.2, 0.25) is 0 Å². The molecule has 2 aliphatic heterocycles. The van der Waals surface area contributed by atoms with Gasteiger partial charge in [0.15, 0.2) is 12.0 Å². The summed E-state index contributed by atoms with van der Waals surface area (Å²) in [7, 11) is -0.920. The topological polar surface area (TPSA) is 99.5 Å². The van der Waals surface area contributed by atoms with Gasteiger partial charge in [-0.1, -0.05) is 59.7 Å². The van der Waals surface area contributed by atoms with E-state index in [4.69, 9.17) is 9.16 Å². The molecule has 0 aromatic heterocycles. The number of nitrogens with zero attached hydrogens (tertiary/aromatic N) is 2. The summed E-state index contributed by atoms with van der Waals surface area (Å²) in [6.45, 7) is 12.9. The third-order valence-corrected chi connectivity index (χ3v) is 13.8. The summed E-state index contributed by atoms with van der Waals surface area (Å²) in [4.78, 5) is 28.8. The average molecular weight is 513 g/mol. The van der Waals surface area contributed by atoms with Gasteiger partial charge in [-0.2, -0.15) is 0 Å². The first-order chi connectivity index (χ1) is 16.9. The zero-order valence-corrected chi connectivity index (χ0v) is 23.0. The summed E-state index contributed by atoms with van der Waals surface area (Å²) in [6, 6.07) is 9.77. The predicted molar refractivity (Wildman–Crippen MR) is 142 cm³/mol. The first-order valence-corrected chi connectivity index (χ1v) is 14.6. The molecule has 36 heavy (non-hydrogen) atoms. The number of rotatable bonds is 6. The van der Waals surface area contributed by atoms with E-state index in [1.54, 1.807) is 12.1 Å². The quantitative estimate of drug-likeness (QED) is 0.486. The Bertz CT molecular complexity index is 1160. The number of carbonyl (C=O) groups is 2. The number of carbonyl (C=O) groups excluding carboxylic acids is 1. The molecule has 2 heterocycles. The van der Waals surface area contributed by atoms with Crippen LogP contribution >= 0.6 is 0 Å². The molecule has 8 nitrogen and oxygen atoms in total. The van der Waals surface area contributed by atoms with Gasteiger partial charge in [-0.05, 0) is 40.7 Å². The van der Waals surface area contributed by atoms with Crippen LogP contribution in [-0.4, -0.2) is 49.9 Å². The normalized spacial score (nSPS) is 19.4. The van der Waals surface area contributed by atoms with Crippen molar-refractivity contribution in [2.24, 2.45) is 0 Å². The zero-order valence-electron chi connectivity index (χ0n) is 22.0. The van der Waals surface area contributed by atoms with Gasteiger partial charge >= 0.3 is 6.09 Å². The number of anilines is 2. The van der Waals surface area contributed by atoms with E-state index in [1.165, 1.54) is 12.0 Å². The second-order valence-corrected chi connectivity index (χ2v) is 16.0. The second kappa shape index (κ2) is 9.44. The van der Waals surface area contributed by atoms with Crippen LogP contribution in [0.3, 0.4) is 0 Å². The minimum Gasteiger partial charge on any atom is -0.540 e. The molecule has 2 aromatic rings. The molecule has 0 radical (unpaired) electrons. The highest BCUT2D eigenvalue weighted by atomic mass is 28.4. The fourth-order valence-corrected chi connectivity index (χ4v) is 11.5. The van der Waals surface area contributed by atoms with Crippen LogP contribution in [0, 0.1) is 0 Å². The molecule has 9 heteroatoms. The van der Waals surface area contributed by atoms with Gasteiger partial charge < -0.3 is 24.3 Å². The molecular formula is C27H36N2O6Si. The number of para-hydroxylation sites is 1. The van der Waals surface area contributed by atoms with E-state index in [1.807, 2.05) is 24.3 Å². The van der Waals surface area contributed by atoms with Gasteiger partial charge in [-0.15, -0.1) is 0 Å². The maximum atomic E-state index is 13.9. The molecule has 194 valence electrons. The fraction of sp³-hybridized carbons (Fsp3) is 0.481. The number of aliphatic hydroxyl groups is 1. The highest BCUT2D eigenvalue weighted by molar-refractivity contribution is 6.78. The highest BCUT2D eigenvalue weighted by Crippen LogP contribution is 2.48. The smallest absolute Gasteiger partial charge is 0.414 e. The predicted octanol–water partition coefficient (Wildman–Crippen LogP) is 5.64. The van der Waals surface area contributed by atoms with Crippen molar-refractivity contribution >= 4 is 31.7 Å². The van der Waals surface area contributed by atoms with Crippen molar-refractivity contribution in [3.8, 4) is 11.5 Å². The SMILES string of the molecule is COc1cc2c(cc1O[Si](C(C)C)(C(C)C)C(C)C)N(C(=O)O)C(O)[C@@H]1Cc3ccccc3N1C2=O. The molecule has 0 fully saturated rings. The highest BCUT2D eigenvalue weighted by Gasteiger charge is 2.49. The number of carboxylic acid groups (broad SMARTS) is 1. The summed E-state index contributed by atoms with van der Waals surface area (Å²) >= 11 is 0. The Kier molecular flexibility index (Phi) is 6.83. The Labute approximate surface area is 213 Å². The lowest BCUT2D eigenvalue weighted by atomic mass is 10.1. The Balaban J connectivity index is 1.93. The van der Waals surface area contributed by atoms with Crippen LogP contribution in [0.5, 0.6) is 11.5 Å². The Morgan fingerprint density at radius 3 is 2.17 bits per heavy atom. The summed E-state index contributed by atoms with van der Waals surface area (Å²) in [5.41, 5.74) is 2.61. The van der Waals surface area contributed by atoms with Gasteiger partial charge in [0, 0.05) is 11.8 Å². The largest absolute Gasteiger partial charge is 0.540 e. The van der Waals surface area contributed by atoms with Crippen LogP contribution in [-0.2, 0) is 6.42 Å². The van der Waals surface area contributed by atoms with Crippen molar-refractivity contribution < 1.29 is 29.0 Å². The molecule has 2 aromatic carbocycles. The van der Waals surface area contributed by atoms with E-state index in [0.717, 1.165) is 10.5 Å². The number of ether oxygens (including phenoxy) is 1. The molecule has 2 aliphatic rings. The lowest BCUT2D eigenvalue weighted by Crippen LogP contribution is -2.52. The molecule has 0 spiro atoms. The molecule has 2 amide bonds. The maximum Gasteiger partial charge on any atom is 0.414 e. The molecule has 4 rings (SSSR count). The van der Waals surface area contributed by atoms with E-state index in [-0.39, 0.29) is 33.8 Å². The number of benzene rings is 2. The van der Waals surface area contributed by atoms with Crippen LogP contribution in [0.15, 0.2) is 36.4 Å². The Morgan fingerprint density at radius 2 is 1.61 bits per heavy atom. The second-order valence-electron chi connectivity index (χ2n) is 10.6. The number of hydrogen-bond acceptors (Lipinski definition) is 5. The van der Waals surface area contributed by atoms with Gasteiger partial charge in [-0.25, -0.2) is 9.69 Å². The van der Waals surface area contributed by atoms with E-state index >= 15 is 0 Å². The average Bonchev–Trinajstić information content (AvgIpc) is 3.17. The lowest BCUT2D eigenvalue weighted by molar-refractivity contribution is 0.0929. The third-order valence-electron chi connectivity index (χ3n) is 7.81. The first kappa shape index (κ1) is 26.0. The van der Waals surface area contributed by atoms with Crippen LogP contribution in [0.4, 0.5) is 16.2 Å². The summed E-state index contributed by atoms with van der Waals surface area (Å²) in [5, 5.41) is 21.5. The monoisotopic (exact) mass is 512 g/mol. The molecule has 2 N–H and O–H groups in total. The van der Waals surface area contributed by atoms with E-state index in [0.29, 0.717) is 23.6 Å². The van der Waals surface area contributed by atoms with Crippen LogP contribution in [0.25, 0.3) is 0 Å². The molecule has 0 saturated heterocycles.